The summed E-state index contributed by atoms with van der Waals surface area (Å²) < 4.78 is 5.44. The van der Waals surface area contributed by atoms with E-state index in [9.17, 15) is 19.2 Å². The van der Waals surface area contributed by atoms with Gasteiger partial charge < -0.3 is 15.0 Å². The maximum absolute atomic E-state index is 13.6. The molecular weight excluding hydrogens is 458 g/mol. The topological polar surface area (TPSA) is 96.0 Å². The van der Waals surface area contributed by atoms with Gasteiger partial charge >= 0.3 is 6.09 Å². The number of hydrogen-bond acceptors (Lipinski definition) is 5. The minimum absolute atomic E-state index is 0.0351. The highest BCUT2D eigenvalue weighted by Gasteiger charge is 2.48. The van der Waals surface area contributed by atoms with E-state index in [4.69, 9.17) is 4.74 Å². The van der Waals surface area contributed by atoms with E-state index in [0.29, 0.717) is 17.7 Å². The summed E-state index contributed by atoms with van der Waals surface area (Å²) in [5.41, 5.74) is 1.31. The van der Waals surface area contributed by atoms with Crippen molar-refractivity contribution in [3.8, 4) is 0 Å². The van der Waals surface area contributed by atoms with Gasteiger partial charge in [-0.2, -0.15) is 0 Å². The third-order valence-electron chi connectivity index (χ3n) is 6.24. The molecule has 2 heterocycles. The first-order valence-electron chi connectivity index (χ1n) is 12.5. The Morgan fingerprint density at radius 2 is 1.67 bits per heavy atom. The van der Waals surface area contributed by atoms with Crippen molar-refractivity contribution < 1.29 is 23.9 Å². The van der Waals surface area contributed by atoms with Gasteiger partial charge in [0.05, 0.1) is 12.2 Å². The first-order valence-corrected chi connectivity index (χ1v) is 12.5. The number of likely N-dealkylation sites (tertiary alicyclic amines) is 1. The summed E-state index contributed by atoms with van der Waals surface area (Å²) in [7, 11) is 0. The second kappa shape index (κ2) is 10.1. The fraction of sp³-hybridized carbons (Fsp3) is 0.571. The van der Waals surface area contributed by atoms with Crippen molar-refractivity contribution in [2.75, 3.05) is 13.1 Å². The van der Waals surface area contributed by atoms with Gasteiger partial charge in [0.25, 0.3) is 5.91 Å². The molecule has 0 bridgehead atoms. The third-order valence-corrected chi connectivity index (χ3v) is 6.24. The van der Waals surface area contributed by atoms with E-state index in [1.807, 2.05) is 26.0 Å². The average Bonchev–Trinajstić information content (AvgIpc) is 3.32. The molecule has 8 nitrogen and oxygen atoms in total. The lowest BCUT2D eigenvalue weighted by molar-refractivity contribution is -0.137. The molecule has 0 radical (unpaired) electrons. The van der Waals surface area contributed by atoms with Crippen LogP contribution < -0.4 is 5.32 Å². The van der Waals surface area contributed by atoms with Gasteiger partial charge in [-0.15, -0.1) is 0 Å². The molecule has 8 heteroatoms. The van der Waals surface area contributed by atoms with Gasteiger partial charge in [0.15, 0.2) is 5.78 Å². The molecule has 2 aliphatic heterocycles. The SMILES string of the molecule is CC(C)C[C@H](NC(=O)c1ccc(C(C)(C)C)cc1)C(=O)N1CC=C2C1C(=O)CN2C(=O)OC(C)(C)C. The Morgan fingerprint density at radius 3 is 2.19 bits per heavy atom. The lowest BCUT2D eigenvalue weighted by Gasteiger charge is -2.29. The molecule has 0 saturated carbocycles. The van der Waals surface area contributed by atoms with Gasteiger partial charge in [-0.25, -0.2) is 4.79 Å². The summed E-state index contributed by atoms with van der Waals surface area (Å²) >= 11 is 0. The zero-order valence-corrected chi connectivity index (χ0v) is 22.7. The van der Waals surface area contributed by atoms with E-state index in [0.717, 1.165) is 5.56 Å². The standard InChI is InChI=1S/C28H39N3O5/c1-17(2)15-20(29-24(33)18-9-11-19(12-10-18)27(3,4)5)25(34)30-14-13-21-23(30)22(32)16-31(21)26(35)36-28(6,7)8/h9-13,17,20,23H,14-16H2,1-8H3,(H,29,33)/t20-,23?/m0/s1. The van der Waals surface area contributed by atoms with Gasteiger partial charge in [-0.05, 0) is 62.3 Å². The van der Waals surface area contributed by atoms with E-state index in [-0.39, 0.29) is 42.0 Å². The van der Waals surface area contributed by atoms with Crippen molar-refractivity contribution in [3.05, 3.63) is 47.2 Å². The fourth-order valence-electron chi connectivity index (χ4n) is 4.46. The van der Waals surface area contributed by atoms with Gasteiger partial charge in [0.1, 0.15) is 17.7 Å². The molecule has 1 unspecified atom stereocenters. The van der Waals surface area contributed by atoms with Crippen LogP contribution in [0, 0.1) is 5.92 Å². The summed E-state index contributed by atoms with van der Waals surface area (Å²) in [5, 5.41) is 2.89. The second-order valence-corrected chi connectivity index (χ2v) is 12.0. The molecule has 1 fully saturated rings. The Hall–Kier alpha value is -3.16. The van der Waals surface area contributed by atoms with Crippen molar-refractivity contribution in [1.82, 2.24) is 15.1 Å². The van der Waals surface area contributed by atoms with Crippen LogP contribution in [0.15, 0.2) is 36.0 Å². The highest BCUT2D eigenvalue weighted by atomic mass is 16.6. The van der Waals surface area contributed by atoms with E-state index in [2.05, 4.69) is 26.1 Å². The van der Waals surface area contributed by atoms with Crippen LogP contribution in [-0.4, -0.2) is 64.3 Å². The van der Waals surface area contributed by atoms with Crippen molar-refractivity contribution in [1.29, 1.82) is 0 Å². The Bertz CT molecular complexity index is 1060. The highest BCUT2D eigenvalue weighted by Crippen LogP contribution is 2.31. The fourth-order valence-corrected chi connectivity index (χ4v) is 4.46. The van der Waals surface area contributed by atoms with Crippen LogP contribution in [0.3, 0.4) is 0 Å². The lowest BCUT2D eigenvalue weighted by atomic mass is 9.86. The van der Waals surface area contributed by atoms with Crippen LogP contribution in [0.2, 0.25) is 0 Å². The number of fused-ring (bicyclic) bond motifs is 1. The van der Waals surface area contributed by atoms with Crippen LogP contribution in [0.4, 0.5) is 4.79 Å². The summed E-state index contributed by atoms with van der Waals surface area (Å²) in [4.78, 5) is 55.0. The normalized spacial score (nSPS) is 18.8. The molecule has 2 atom stereocenters. The Balaban J connectivity index is 1.76. The molecule has 1 aromatic rings. The summed E-state index contributed by atoms with van der Waals surface area (Å²) in [6.45, 7) is 15.6. The van der Waals surface area contributed by atoms with E-state index < -0.39 is 23.8 Å². The number of carbonyl (C=O) groups excluding carboxylic acids is 4. The highest BCUT2D eigenvalue weighted by molar-refractivity contribution is 6.02. The number of ether oxygens (including phenoxy) is 1. The number of benzene rings is 1. The second-order valence-electron chi connectivity index (χ2n) is 12.0. The average molecular weight is 498 g/mol. The van der Waals surface area contributed by atoms with Gasteiger partial charge in [0.2, 0.25) is 5.91 Å². The predicted octanol–water partition coefficient (Wildman–Crippen LogP) is 4.04. The van der Waals surface area contributed by atoms with Gasteiger partial charge in [-0.1, -0.05) is 46.8 Å². The number of hydrogen-bond donors (Lipinski definition) is 1. The number of nitrogens with zero attached hydrogens (tertiary/aromatic N) is 2. The molecule has 3 amide bonds. The zero-order chi connectivity index (χ0) is 27.0. The van der Waals surface area contributed by atoms with E-state index in [1.54, 1.807) is 39.0 Å². The molecule has 0 aromatic heterocycles. The minimum Gasteiger partial charge on any atom is -0.443 e. The van der Waals surface area contributed by atoms with Crippen molar-refractivity contribution in [2.24, 2.45) is 5.92 Å². The smallest absolute Gasteiger partial charge is 0.415 e. The Labute approximate surface area is 214 Å². The summed E-state index contributed by atoms with van der Waals surface area (Å²) in [6.07, 6.45) is 1.54. The van der Waals surface area contributed by atoms with Crippen LogP contribution in [0.1, 0.15) is 77.7 Å². The van der Waals surface area contributed by atoms with Crippen LogP contribution in [-0.2, 0) is 19.7 Å². The number of ketones is 1. The van der Waals surface area contributed by atoms with Gasteiger partial charge in [0, 0.05) is 12.1 Å². The summed E-state index contributed by atoms with van der Waals surface area (Å²) in [5.74, 6) is -0.783. The minimum atomic E-state index is -0.845. The van der Waals surface area contributed by atoms with Crippen LogP contribution >= 0.6 is 0 Å². The molecule has 36 heavy (non-hydrogen) atoms. The number of Topliss-reactive ketones (excluding diaryl/α,β-unsaturated/α-hetero) is 1. The van der Waals surface area contributed by atoms with E-state index in [1.165, 1.54) is 9.80 Å². The van der Waals surface area contributed by atoms with Crippen LogP contribution in [0.5, 0.6) is 0 Å². The molecule has 1 N–H and O–H groups in total. The number of rotatable bonds is 5. The first-order chi connectivity index (χ1) is 16.6. The zero-order valence-electron chi connectivity index (χ0n) is 22.7. The third kappa shape index (κ3) is 6.15. The van der Waals surface area contributed by atoms with Gasteiger partial charge in [-0.3, -0.25) is 19.3 Å². The lowest BCUT2D eigenvalue weighted by Crippen LogP contribution is -2.52. The number of amides is 3. The molecule has 1 aromatic carbocycles. The van der Waals surface area contributed by atoms with Crippen molar-refractivity contribution in [3.63, 3.8) is 0 Å². The quantitative estimate of drug-likeness (QED) is 0.662. The van der Waals surface area contributed by atoms with E-state index >= 15 is 0 Å². The molecule has 0 aliphatic carbocycles. The van der Waals surface area contributed by atoms with Crippen molar-refractivity contribution >= 4 is 23.7 Å². The summed E-state index contributed by atoms with van der Waals surface area (Å²) in [6, 6.07) is 5.74. The maximum Gasteiger partial charge on any atom is 0.415 e. The van der Waals surface area contributed by atoms with Crippen LogP contribution in [0.25, 0.3) is 0 Å². The molecule has 3 rings (SSSR count). The molecule has 2 aliphatic rings. The number of carbonyl (C=O) groups is 4. The molecule has 0 spiro atoms. The molecule has 196 valence electrons. The maximum atomic E-state index is 13.6. The molecule has 1 saturated heterocycles. The largest absolute Gasteiger partial charge is 0.443 e. The number of nitrogens with one attached hydrogen (secondary N) is 1. The first kappa shape index (κ1) is 27.4. The Kier molecular flexibility index (Phi) is 7.67. The monoisotopic (exact) mass is 497 g/mol. The van der Waals surface area contributed by atoms with Crippen molar-refractivity contribution in [2.45, 2.75) is 84.9 Å². The Morgan fingerprint density at radius 1 is 1.06 bits per heavy atom. The predicted molar refractivity (Wildman–Crippen MR) is 137 cm³/mol. The molecular formula is C28H39N3O5.